The van der Waals surface area contributed by atoms with E-state index in [2.05, 4.69) is 4.98 Å². The van der Waals surface area contributed by atoms with Crippen LogP contribution in [0.2, 0.25) is 5.15 Å². The monoisotopic (exact) mass is 485 g/mol. The second kappa shape index (κ2) is 8.89. The van der Waals surface area contributed by atoms with Gasteiger partial charge in [-0.2, -0.15) is 4.31 Å². The highest BCUT2D eigenvalue weighted by molar-refractivity contribution is 7.89. The Morgan fingerprint density at radius 2 is 1.75 bits per heavy atom. The van der Waals surface area contributed by atoms with Crippen molar-refractivity contribution in [2.45, 2.75) is 23.8 Å². The first-order valence-electron chi connectivity index (χ1n) is 10.0. The van der Waals surface area contributed by atoms with Gasteiger partial charge in [-0.05, 0) is 36.4 Å². The largest absolute Gasteiger partial charge is 0.354 e. The van der Waals surface area contributed by atoms with E-state index in [1.807, 2.05) is 0 Å². The lowest BCUT2D eigenvalue weighted by molar-refractivity contribution is -0.117. The number of pyridine rings is 1. The number of aromatic nitrogens is 1. The zero-order valence-electron chi connectivity index (χ0n) is 17.0. The number of halogens is 3. The molecule has 2 fully saturated rings. The molecule has 4 rings (SSSR count). The summed E-state index contributed by atoms with van der Waals surface area (Å²) in [5, 5.41) is -0.0367. The van der Waals surface area contributed by atoms with E-state index >= 15 is 0 Å². The van der Waals surface area contributed by atoms with Gasteiger partial charge in [0.2, 0.25) is 15.9 Å². The second-order valence-corrected chi connectivity index (χ2v) is 10.1. The molecule has 1 aromatic carbocycles. The molecule has 2 N–H and O–H groups in total. The van der Waals surface area contributed by atoms with Crippen molar-refractivity contribution in [3.05, 3.63) is 47.1 Å². The molecule has 32 heavy (non-hydrogen) atoms. The maximum Gasteiger partial charge on any atom is 0.264 e. The van der Waals surface area contributed by atoms with Crippen LogP contribution in [0, 0.1) is 0 Å². The molecular weight excluding hydrogens is 464 g/mol. The lowest BCUT2D eigenvalue weighted by Gasteiger charge is -2.35. The third-order valence-corrected chi connectivity index (χ3v) is 7.67. The van der Waals surface area contributed by atoms with Gasteiger partial charge in [-0.3, -0.25) is 4.79 Å². The van der Waals surface area contributed by atoms with Crippen molar-refractivity contribution < 1.29 is 22.0 Å². The Labute approximate surface area is 189 Å². The van der Waals surface area contributed by atoms with E-state index in [4.69, 9.17) is 17.3 Å². The molecule has 2 aromatic rings. The van der Waals surface area contributed by atoms with Gasteiger partial charge in [0.05, 0.1) is 4.90 Å². The molecule has 3 heterocycles. The molecule has 1 amide bonds. The summed E-state index contributed by atoms with van der Waals surface area (Å²) in [6, 6.07) is 8.30. The SMILES string of the molecule is NC1CC(=O)N(c2ccc(S(=O)(=O)N3CCN(c4cc(C(F)F)cc(Cl)n4)CC3)cc2)C1. The number of amides is 1. The number of carbonyl (C=O) groups is 1. The minimum absolute atomic E-state index is 0.0367. The molecule has 0 spiro atoms. The maximum atomic E-state index is 13.0. The van der Waals surface area contributed by atoms with Crippen molar-refractivity contribution in [2.24, 2.45) is 5.73 Å². The first-order chi connectivity index (χ1) is 15.1. The highest BCUT2D eigenvalue weighted by Crippen LogP contribution is 2.28. The van der Waals surface area contributed by atoms with Crippen LogP contribution in [0.15, 0.2) is 41.3 Å². The first kappa shape index (κ1) is 22.8. The fourth-order valence-corrected chi connectivity index (χ4v) is 5.51. The van der Waals surface area contributed by atoms with E-state index in [1.54, 1.807) is 21.9 Å². The Kier molecular flexibility index (Phi) is 6.35. The van der Waals surface area contributed by atoms with Crippen molar-refractivity contribution in [2.75, 3.05) is 42.5 Å². The summed E-state index contributed by atoms with van der Waals surface area (Å²) in [4.78, 5) is 19.5. The number of piperazine rings is 1. The van der Waals surface area contributed by atoms with Crippen LogP contribution in [0.1, 0.15) is 18.4 Å². The standard InChI is InChI=1S/C20H22ClF2N5O3S/c21-17-9-13(20(22)23)10-18(25-17)26-5-7-27(8-6-26)32(30,31)16-3-1-15(2-4-16)28-12-14(24)11-19(28)29/h1-4,9-10,14,20H,5-8,11-12,24H2. The first-order valence-corrected chi connectivity index (χ1v) is 11.8. The van der Waals surface area contributed by atoms with Crippen molar-refractivity contribution in [3.8, 4) is 0 Å². The third-order valence-electron chi connectivity index (χ3n) is 5.56. The normalized spacial score (nSPS) is 20.4. The molecule has 1 aromatic heterocycles. The van der Waals surface area contributed by atoms with E-state index < -0.39 is 16.4 Å². The van der Waals surface area contributed by atoms with Gasteiger partial charge in [0, 0.05) is 56.4 Å². The van der Waals surface area contributed by atoms with Gasteiger partial charge in [-0.25, -0.2) is 22.2 Å². The van der Waals surface area contributed by atoms with Gasteiger partial charge < -0.3 is 15.5 Å². The number of carbonyl (C=O) groups excluding carboxylic acids is 1. The Hall–Kier alpha value is -2.34. The van der Waals surface area contributed by atoms with Crippen LogP contribution < -0.4 is 15.5 Å². The summed E-state index contributed by atoms with van der Waals surface area (Å²) in [6.07, 6.45) is -2.41. The Bertz CT molecular complexity index is 1110. The molecule has 172 valence electrons. The summed E-state index contributed by atoms with van der Waals surface area (Å²) in [7, 11) is -3.75. The van der Waals surface area contributed by atoms with Crippen LogP contribution in [0.25, 0.3) is 0 Å². The van der Waals surface area contributed by atoms with Gasteiger partial charge in [-0.15, -0.1) is 0 Å². The molecule has 12 heteroatoms. The summed E-state index contributed by atoms with van der Waals surface area (Å²) < 4.78 is 53.5. The Morgan fingerprint density at radius 3 is 2.31 bits per heavy atom. The number of benzene rings is 1. The molecule has 0 bridgehead atoms. The zero-order valence-corrected chi connectivity index (χ0v) is 18.6. The highest BCUT2D eigenvalue weighted by Gasteiger charge is 2.31. The van der Waals surface area contributed by atoms with Gasteiger partial charge in [-0.1, -0.05) is 11.6 Å². The fraction of sp³-hybridized carbons (Fsp3) is 0.400. The van der Waals surface area contributed by atoms with E-state index in [0.717, 1.165) is 6.07 Å². The molecule has 0 radical (unpaired) electrons. The number of anilines is 2. The van der Waals surface area contributed by atoms with E-state index in [9.17, 15) is 22.0 Å². The minimum atomic E-state index is -3.75. The average Bonchev–Trinajstić information content (AvgIpc) is 3.11. The lowest BCUT2D eigenvalue weighted by atomic mass is 10.2. The molecule has 2 aliphatic heterocycles. The number of nitrogens with zero attached hydrogens (tertiary/aromatic N) is 4. The van der Waals surface area contributed by atoms with E-state index in [1.165, 1.54) is 22.5 Å². The van der Waals surface area contributed by atoms with Crippen molar-refractivity contribution in [3.63, 3.8) is 0 Å². The zero-order chi connectivity index (χ0) is 23.0. The van der Waals surface area contributed by atoms with E-state index in [0.29, 0.717) is 18.1 Å². The summed E-state index contributed by atoms with van der Waals surface area (Å²) >= 11 is 5.86. The number of sulfonamides is 1. The van der Waals surface area contributed by atoms with Crippen molar-refractivity contribution in [1.29, 1.82) is 0 Å². The van der Waals surface area contributed by atoms with Crippen LogP contribution >= 0.6 is 11.6 Å². The Balaban J connectivity index is 1.45. The maximum absolute atomic E-state index is 13.0. The van der Waals surface area contributed by atoms with Gasteiger partial charge in [0.25, 0.3) is 6.43 Å². The summed E-state index contributed by atoms with van der Waals surface area (Å²) in [6.45, 7) is 1.31. The van der Waals surface area contributed by atoms with Crippen LogP contribution in [-0.2, 0) is 14.8 Å². The number of nitrogens with two attached hydrogens (primary N) is 1. The van der Waals surface area contributed by atoms with Crippen LogP contribution in [0.4, 0.5) is 20.3 Å². The van der Waals surface area contributed by atoms with Crippen LogP contribution in [-0.4, -0.2) is 62.4 Å². The van der Waals surface area contributed by atoms with Crippen LogP contribution in [0.5, 0.6) is 0 Å². The highest BCUT2D eigenvalue weighted by atomic mass is 35.5. The molecule has 8 nitrogen and oxygen atoms in total. The smallest absolute Gasteiger partial charge is 0.264 e. The molecule has 2 saturated heterocycles. The quantitative estimate of drug-likeness (QED) is 0.652. The minimum Gasteiger partial charge on any atom is -0.354 e. The van der Waals surface area contributed by atoms with Crippen molar-refractivity contribution >= 4 is 39.0 Å². The topological polar surface area (TPSA) is 99.8 Å². The number of hydrogen-bond donors (Lipinski definition) is 1. The molecule has 0 saturated carbocycles. The van der Waals surface area contributed by atoms with E-state index in [-0.39, 0.29) is 60.2 Å². The fourth-order valence-electron chi connectivity index (χ4n) is 3.88. The lowest BCUT2D eigenvalue weighted by Crippen LogP contribution is -2.49. The van der Waals surface area contributed by atoms with Gasteiger partial charge in [0.15, 0.2) is 0 Å². The molecule has 0 aliphatic carbocycles. The van der Waals surface area contributed by atoms with Gasteiger partial charge >= 0.3 is 0 Å². The number of rotatable bonds is 5. The molecular formula is C20H22ClF2N5O3S. The predicted molar refractivity (Wildman–Crippen MR) is 117 cm³/mol. The molecule has 1 atom stereocenters. The Morgan fingerprint density at radius 1 is 1.09 bits per heavy atom. The summed E-state index contributed by atoms with van der Waals surface area (Å²) in [5.41, 5.74) is 6.19. The predicted octanol–water partition coefficient (Wildman–Crippen LogP) is 2.25. The average molecular weight is 486 g/mol. The van der Waals surface area contributed by atoms with Gasteiger partial charge in [0.1, 0.15) is 11.0 Å². The van der Waals surface area contributed by atoms with Crippen LogP contribution in [0.3, 0.4) is 0 Å². The molecule has 1 unspecified atom stereocenters. The second-order valence-electron chi connectivity index (χ2n) is 7.74. The third kappa shape index (κ3) is 4.56. The number of alkyl halides is 2. The summed E-state index contributed by atoms with van der Waals surface area (Å²) in [5.74, 6) is 0.205. The molecule has 2 aliphatic rings. The van der Waals surface area contributed by atoms with Crippen molar-refractivity contribution in [1.82, 2.24) is 9.29 Å². The number of hydrogen-bond acceptors (Lipinski definition) is 6.